The third kappa shape index (κ3) is 9.27. The van der Waals surface area contributed by atoms with Gasteiger partial charge in [0.1, 0.15) is 24.1 Å². The minimum absolute atomic E-state index is 0.00317. The number of carbonyl (C=O) groups is 2. The van der Waals surface area contributed by atoms with E-state index in [0.29, 0.717) is 16.3 Å². The largest absolute Gasteiger partial charge is 0.497 e. The third-order valence-corrected chi connectivity index (χ3v) is 9.30. The van der Waals surface area contributed by atoms with Gasteiger partial charge in [-0.25, -0.2) is 8.42 Å². The number of rotatable bonds is 13. The lowest BCUT2D eigenvalue weighted by atomic mass is 10.0. The maximum absolute atomic E-state index is 14.6. The maximum Gasteiger partial charge on any atom is 0.264 e. The molecule has 11 heteroatoms. The molecule has 0 aliphatic carbocycles. The highest BCUT2D eigenvalue weighted by Crippen LogP contribution is 2.33. The standard InChI is InChI=1S/C36H40ClN3O6S/c1-36(2,3)38-35(42)32(23-26-12-7-6-8-13-26)39(24-27-14-11-15-28(37)22-27)34(41)25-40(31-16-9-10-17-33(31)46-5)47(43,44)30-20-18-29(45-4)19-21-30/h6-22,32H,23-25H2,1-5H3,(H,38,42)/t32-/m0/s1. The highest BCUT2D eigenvalue weighted by molar-refractivity contribution is 7.92. The Balaban J connectivity index is 1.85. The van der Waals surface area contributed by atoms with Gasteiger partial charge in [0.05, 0.1) is 24.8 Å². The highest BCUT2D eigenvalue weighted by Gasteiger charge is 2.36. The van der Waals surface area contributed by atoms with Crippen molar-refractivity contribution in [3.8, 4) is 11.5 Å². The molecule has 0 aliphatic heterocycles. The van der Waals surface area contributed by atoms with Gasteiger partial charge in [-0.2, -0.15) is 0 Å². The molecule has 4 rings (SSSR count). The fourth-order valence-corrected chi connectivity index (χ4v) is 6.70. The number of carbonyl (C=O) groups excluding carboxylic acids is 2. The molecule has 248 valence electrons. The van der Waals surface area contributed by atoms with Crippen LogP contribution in [0.15, 0.2) is 108 Å². The SMILES string of the molecule is COc1ccc(S(=O)(=O)N(CC(=O)N(Cc2cccc(Cl)c2)[C@@H](Cc2ccccc2)C(=O)NC(C)(C)C)c2ccccc2OC)cc1. The van der Waals surface area contributed by atoms with E-state index in [1.807, 2.05) is 51.1 Å². The molecule has 0 heterocycles. The lowest BCUT2D eigenvalue weighted by molar-refractivity contribution is -0.140. The zero-order valence-corrected chi connectivity index (χ0v) is 28.7. The Morgan fingerprint density at radius 1 is 0.830 bits per heavy atom. The Labute approximate surface area is 282 Å². The van der Waals surface area contributed by atoms with Crippen molar-refractivity contribution in [1.29, 1.82) is 0 Å². The Morgan fingerprint density at radius 3 is 2.09 bits per heavy atom. The molecule has 9 nitrogen and oxygen atoms in total. The van der Waals surface area contributed by atoms with E-state index < -0.39 is 34.1 Å². The van der Waals surface area contributed by atoms with Gasteiger partial charge in [0, 0.05) is 23.5 Å². The summed E-state index contributed by atoms with van der Waals surface area (Å²) in [5.74, 6) is -0.244. The van der Waals surface area contributed by atoms with Crippen molar-refractivity contribution in [2.24, 2.45) is 0 Å². The number of anilines is 1. The first-order chi connectivity index (χ1) is 22.3. The summed E-state index contributed by atoms with van der Waals surface area (Å²) in [5.41, 5.74) is 1.07. The van der Waals surface area contributed by atoms with Crippen LogP contribution in [0.3, 0.4) is 0 Å². The molecule has 0 spiro atoms. The van der Waals surface area contributed by atoms with Crippen molar-refractivity contribution in [2.75, 3.05) is 25.1 Å². The molecule has 0 unspecified atom stereocenters. The number of halogens is 1. The molecule has 1 atom stereocenters. The molecule has 0 saturated carbocycles. The molecule has 4 aromatic carbocycles. The Bertz CT molecular complexity index is 1780. The topological polar surface area (TPSA) is 105 Å². The van der Waals surface area contributed by atoms with E-state index in [1.165, 1.54) is 43.4 Å². The molecule has 0 radical (unpaired) electrons. The van der Waals surface area contributed by atoms with Gasteiger partial charge in [-0.15, -0.1) is 0 Å². The van der Waals surface area contributed by atoms with Crippen molar-refractivity contribution >= 4 is 39.1 Å². The van der Waals surface area contributed by atoms with Gasteiger partial charge in [0.2, 0.25) is 11.8 Å². The quantitative estimate of drug-likeness (QED) is 0.183. The van der Waals surface area contributed by atoms with Crippen LogP contribution in [0.2, 0.25) is 5.02 Å². The molecule has 47 heavy (non-hydrogen) atoms. The summed E-state index contributed by atoms with van der Waals surface area (Å²) in [7, 11) is -1.41. The van der Waals surface area contributed by atoms with Gasteiger partial charge in [0.25, 0.3) is 10.0 Å². The number of nitrogens with zero attached hydrogens (tertiary/aromatic N) is 2. The highest BCUT2D eigenvalue weighted by atomic mass is 35.5. The fraction of sp³-hybridized carbons (Fsp3) is 0.278. The van der Waals surface area contributed by atoms with Crippen molar-refractivity contribution < 1.29 is 27.5 Å². The zero-order valence-electron chi connectivity index (χ0n) is 27.1. The Kier molecular flexibility index (Phi) is 11.5. The molecule has 2 amide bonds. The number of hydrogen-bond acceptors (Lipinski definition) is 6. The van der Waals surface area contributed by atoms with E-state index in [2.05, 4.69) is 5.32 Å². The minimum atomic E-state index is -4.32. The molecule has 0 aliphatic rings. The second-order valence-electron chi connectivity index (χ2n) is 12.0. The summed E-state index contributed by atoms with van der Waals surface area (Å²) in [6, 6.07) is 27.8. The summed E-state index contributed by atoms with van der Waals surface area (Å²) in [6.07, 6.45) is 0.189. The predicted octanol–water partition coefficient (Wildman–Crippen LogP) is 6.11. The average Bonchev–Trinajstić information content (AvgIpc) is 3.04. The number of ether oxygens (including phenoxy) is 2. The summed E-state index contributed by atoms with van der Waals surface area (Å²) in [6.45, 7) is 4.95. The van der Waals surface area contributed by atoms with Crippen molar-refractivity contribution in [3.63, 3.8) is 0 Å². The first-order valence-corrected chi connectivity index (χ1v) is 16.8. The van der Waals surface area contributed by atoms with Crippen LogP contribution in [0, 0.1) is 0 Å². The monoisotopic (exact) mass is 677 g/mol. The molecule has 0 bridgehead atoms. The predicted molar refractivity (Wildman–Crippen MR) is 184 cm³/mol. The van der Waals surface area contributed by atoms with Gasteiger partial charge in [-0.1, -0.05) is 66.2 Å². The first kappa shape index (κ1) is 35.3. The number of amides is 2. The Morgan fingerprint density at radius 2 is 1.47 bits per heavy atom. The van der Waals surface area contributed by atoms with Crippen LogP contribution in [-0.4, -0.2) is 57.5 Å². The van der Waals surface area contributed by atoms with E-state index in [1.54, 1.807) is 48.5 Å². The van der Waals surface area contributed by atoms with E-state index >= 15 is 0 Å². The zero-order chi connectivity index (χ0) is 34.2. The van der Waals surface area contributed by atoms with Crippen molar-refractivity contribution in [1.82, 2.24) is 10.2 Å². The van der Waals surface area contributed by atoms with E-state index in [4.69, 9.17) is 21.1 Å². The summed E-state index contributed by atoms with van der Waals surface area (Å²) >= 11 is 6.32. The lowest BCUT2D eigenvalue weighted by Crippen LogP contribution is -2.56. The maximum atomic E-state index is 14.6. The van der Waals surface area contributed by atoms with Crippen LogP contribution in [0.4, 0.5) is 5.69 Å². The molecule has 0 saturated heterocycles. The van der Waals surface area contributed by atoms with Gasteiger partial charge in [-0.05, 0) is 80.4 Å². The van der Waals surface area contributed by atoms with E-state index in [0.717, 1.165) is 9.87 Å². The number of para-hydroxylation sites is 2. The number of methoxy groups -OCH3 is 2. The van der Waals surface area contributed by atoms with Crippen molar-refractivity contribution in [3.05, 3.63) is 119 Å². The number of benzene rings is 4. The van der Waals surface area contributed by atoms with Gasteiger partial charge < -0.3 is 19.7 Å². The average molecular weight is 678 g/mol. The van der Waals surface area contributed by atoms with Crippen LogP contribution < -0.4 is 19.1 Å². The lowest BCUT2D eigenvalue weighted by Gasteiger charge is -2.35. The normalized spacial score (nSPS) is 12.1. The van der Waals surface area contributed by atoms with Gasteiger partial charge in [0.15, 0.2) is 0 Å². The minimum Gasteiger partial charge on any atom is -0.497 e. The second kappa shape index (κ2) is 15.4. The Hall–Kier alpha value is -4.54. The van der Waals surface area contributed by atoms with Crippen LogP contribution >= 0.6 is 11.6 Å². The number of hydrogen-bond donors (Lipinski definition) is 1. The van der Waals surface area contributed by atoms with Gasteiger partial charge >= 0.3 is 0 Å². The molecule has 0 fully saturated rings. The summed E-state index contributed by atoms with van der Waals surface area (Å²) < 4.78 is 40.4. The first-order valence-electron chi connectivity index (χ1n) is 15.0. The van der Waals surface area contributed by atoms with E-state index in [9.17, 15) is 18.0 Å². The molecule has 4 aromatic rings. The van der Waals surface area contributed by atoms with Gasteiger partial charge in [-0.3, -0.25) is 13.9 Å². The summed E-state index contributed by atoms with van der Waals surface area (Å²) in [5, 5.41) is 3.48. The second-order valence-corrected chi connectivity index (χ2v) is 14.3. The molecule has 1 N–H and O–H groups in total. The van der Waals surface area contributed by atoms with Crippen LogP contribution in [0.1, 0.15) is 31.9 Å². The smallest absolute Gasteiger partial charge is 0.264 e. The van der Waals surface area contributed by atoms with Crippen LogP contribution in [0.5, 0.6) is 11.5 Å². The van der Waals surface area contributed by atoms with Crippen LogP contribution in [0.25, 0.3) is 0 Å². The number of nitrogens with one attached hydrogen (secondary N) is 1. The molecule has 0 aromatic heterocycles. The third-order valence-electron chi connectivity index (χ3n) is 7.29. The summed E-state index contributed by atoms with van der Waals surface area (Å²) in [4.78, 5) is 30.0. The van der Waals surface area contributed by atoms with Crippen LogP contribution in [-0.2, 0) is 32.6 Å². The van der Waals surface area contributed by atoms with Crippen molar-refractivity contribution in [2.45, 2.75) is 50.2 Å². The molecular formula is C36H40ClN3O6S. The molecular weight excluding hydrogens is 638 g/mol. The van der Waals surface area contributed by atoms with E-state index in [-0.39, 0.29) is 35.2 Å². The number of sulfonamides is 1. The fourth-order valence-electron chi connectivity index (χ4n) is 5.06.